The van der Waals surface area contributed by atoms with Crippen molar-refractivity contribution in [2.75, 3.05) is 25.0 Å². The number of fused-ring (bicyclic) bond motifs is 1. The molecule has 1 fully saturated rings. The number of nitrogens with one attached hydrogen (secondary N) is 2. The second-order valence-electron chi connectivity index (χ2n) is 8.02. The summed E-state index contributed by atoms with van der Waals surface area (Å²) in [4.78, 5) is 30.5. The maximum Gasteiger partial charge on any atom is 0.256 e. The quantitative estimate of drug-likeness (QED) is 0.756. The van der Waals surface area contributed by atoms with E-state index in [2.05, 4.69) is 15.2 Å². The Morgan fingerprint density at radius 2 is 1.97 bits per heavy atom. The van der Waals surface area contributed by atoms with Crippen LogP contribution in [0.1, 0.15) is 47.3 Å². The van der Waals surface area contributed by atoms with Crippen molar-refractivity contribution in [3.05, 3.63) is 52.1 Å². The van der Waals surface area contributed by atoms with Crippen molar-refractivity contribution in [3.63, 3.8) is 0 Å². The van der Waals surface area contributed by atoms with Crippen molar-refractivity contribution in [2.24, 2.45) is 0 Å². The zero-order chi connectivity index (χ0) is 20.5. The molecule has 152 valence electrons. The Morgan fingerprint density at radius 3 is 2.72 bits per heavy atom. The Morgan fingerprint density at radius 1 is 1.21 bits per heavy atom. The number of hydrogen-bond acceptors (Lipinski definition) is 3. The lowest BCUT2D eigenvalue weighted by molar-refractivity contribution is -0.119. The molecule has 2 aliphatic heterocycles. The van der Waals surface area contributed by atoms with Crippen molar-refractivity contribution < 1.29 is 14.0 Å². The van der Waals surface area contributed by atoms with E-state index in [9.17, 15) is 14.0 Å². The maximum absolute atomic E-state index is 13.7. The van der Waals surface area contributed by atoms with Crippen LogP contribution in [-0.2, 0) is 16.0 Å². The van der Waals surface area contributed by atoms with Gasteiger partial charge >= 0.3 is 0 Å². The van der Waals surface area contributed by atoms with Gasteiger partial charge in [0.1, 0.15) is 5.82 Å². The third-order valence-electron chi connectivity index (χ3n) is 5.91. The van der Waals surface area contributed by atoms with Gasteiger partial charge in [0, 0.05) is 29.1 Å². The van der Waals surface area contributed by atoms with Crippen LogP contribution in [0.3, 0.4) is 0 Å². The predicted octanol–water partition coefficient (Wildman–Crippen LogP) is 3.86. The second kappa shape index (κ2) is 7.95. The Labute approximate surface area is 170 Å². The molecule has 5 nitrogen and oxygen atoms in total. The van der Waals surface area contributed by atoms with Crippen LogP contribution in [0.25, 0.3) is 11.6 Å². The number of aromatic amines is 1. The molecular formula is C23H26FN3O2. The second-order valence-corrected chi connectivity index (χ2v) is 8.02. The Balaban J connectivity index is 1.56. The van der Waals surface area contributed by atoms with Crippen LogP contribution in [-0.4, -0.2) is 41.2 Å². The van der Waals surface area contributed by atoms with E-state index < -0.39 is 0 Å². The molecule has 1 saturated heterocycles. The molecule has 0 atom stereocenters. The summed E-state index contributed by atoms with van der Waals surface area (Å²) < 4.78 is 13.7. The van der Waals surface area contributed by atoms with Gasteiger partial charge in [-0.15, -0.1) is 0 Å². The number of benzene rings is 1. The average Bonchev–Trinajstić information content (AvgIpc) is 3.13. The van der Waals surface area contributed by atoms with Gasteiger partial charge in [-0.3, -0.25) is 14.5 Å². The van der Waals surface area contributed by atoms with E-state index in [1.54, 1.807) is 12.1 Å². The minimum absolute atomic E-state index is 0.210. The number of aromatic nitrogens is 1. The number of H-pyrrole nitrogens is 1. The van der Waals surface area contributed by atoms with E-state index in [4.69, 9.17) is 0 Å². The van der Waals surface area contributed by atoms with Gasteiger partial charge in [0.05, 0.1) is 12.1 Å². The third-order valence-corrected chi connectivity index (χ3v) is 5.91. The number of nitrogens with zero attached hydrogens (tertiary/aromatic N) is 1. The smallest absolute Gasteiger partial charge is 0.256 e. The molecule has 0 bridgehead atoms. The molecular weight excluding hydrogens is 369 g/mol. The number of anilines is 1. The fourth-order valence-corrected chi connectivity index (χ4v) is 4.29. The fraction of sp³-hybridized carbons (Fsp3) is 0.391. The minimum atomic E-state index is -0.380. The van der Waals surface area contributed by atoms with Crippen molar-refractivity contribution in [1.29, 1.82) is 0 Å². The Bertz CT molecular complexity index is 1000. The van der Waals surface area contributed by atoms with Gasteiger partial charge < -0.3 is 10.3 Å². The lowest BCUT2D eigenvalue weighted by Crippen LogP contribution is -2.35. The number of Topliss-reactive ketones (excluding diaryl/α,β-unsaturated/α-hetero) is 1. The molecule has 4 rings (SSSR count). The number of aryl methyl sites for hydroxylation is 1. The zero-order valence-electron chi connectivity index (χ0n) is 16.9. The first-order valence-corrected chi connectivity index (χ1v) is 10.2. The molecule has 1 amide bonds. The Hall–Kier alpha value is -2.73. The van der Waals surface area contributed by atoms with Gasteiger partial charge in [0.15, 0.2) is 5.78 Å². The summed E-state index contributed by atoms with van der Waals surface area (Å²) in [5.41, 5.74) is 5.25. The van der Waals surface area contributed by atoms with Crippen LogP contribution in [0, 0.1) is 19.7 Å². The molecule has 1 aromatic carbocycles. The fourth-order valence-electron chi connectivity index (χ4n) is 4.29. The average molecular weight is 395 g/mol. The SMILES string of the molecule is Cc1[nH]c(/C=C2\C(=O)Nc3ccc(F)cc32)c(C)c1CC(=O)CN1CCCCC1. The molecule has 0 unspecified atom stereocenters. The van der Waals surface area contributed by atoms with Crippen LogP contribution in [0.5, 0.6) is 0 Å². The number of rotatable bonds is 5. The first-order chi connectivity index (χ1) is 13.9. The standard InChI is InChI=1S/C23H26FN3O2/c1-14-18(11-17(28)13-27-8-4-3-5-9-27)15(2)25-22(14)12-20-19-10-16(24)6-7-21(19)26-23(20)29/h6-7,10,12,25H,3-5,8-9,11,13H2,1-2H3,(H,26,29)/b20-12-. The highest BCUT2D eigenvalue weighted by Gasteiger charge is 2.25. The summed E-state index contributed by atoms with van der Waals surface area (Å²) in [5, 5.41) is 2.77. The highest BCUT2D eigenvalue weighted by Crippen LogP contribution is 2.34. The number of carbonyl (C=O) groups excluding carboxylic acids is 2. The molecule has 3 heterocycles. The van der Waals surface area contributed by atoms with Crippen LogP contribution in [0.15, 0.2) is 18.2 Å². The number of piperidine rings is 1. The van der Waals surface area contributed by atoms with Gasteiger partial charge in [-0.2, -0.15) is 0 Å². The van der Waals surface area contributed by atoms with Gasteiger partial charge in [0.2, 0.25) is 0 Å². The van der Waals surface area contributed by atoms with Gasteiger partial charge in [-0.05, 0) is 75.2 Å². The van der Waals surface area contributed by atoms with Crippen molar-refractivity contribution >= 4 is 29.0 Å². The van der Waals surface area contributed by atoms with E-state index in [1.807, 2.05) is 13.8 Å². The summed E-state index contributed by atoms with van der Waals surface area (Å²) in [5.74, 6) is -0.420. The molecule has 0 spiro atoms. The summed E-state index contributed by atoms with van der Waals surface area (Å²) in [7, 11) is 0. The number of hydrogen-bond donors (Lipinski definition) is 2. The maximum atomic E-state index is 13.7. The molecule has 29 heavy (non-hydrogen) atoms. The lowest BCUT2D eigenvalue weighted by atomic mass is 10.0. The van der Waals surface area contributed by atoms with Crippen LogP contribution >= 0.6 is 0 Å². The predicted molar refractivity (Wildman–Crippen MR) is 112 cm³/mol. The van der Waals surface area contributed by atoms with Gasteiger partial charge in [-0.25, -0.2) is 4.39 Å². The van der Waals surface area contributed by atoms with E-state index >= 15 is 0 Å². The molecule has 2 aromatic rings. The van der Waals surface area contributed by atoms with E-state index in [0.717, 1.165) is 48.4 Å². The lowest BCUT2D eigenvalue weighted by Gasteiger charge is -2.25. The highest BCUT2D eigenvalue weighted by atomic mass is 19.1. The number of likely N-dealkylation sites (tertiary alicyclic amines) is 1. The molecule has 6 heteroatoms. The van der Waals surface area contributed by atoms with E-state index in [1.165, 1.54) is 18.6 Å². The summed E-state index contributed by atoms with van der Waals surface area (Å²) >= 11 is 0. The normalized spacial score (nSPS) is 18.2. The molecule has 0 saturated carbocycles. The Kier molecular flexibility index (Phi) is 5.37. The molecule has 0 radical (unpaired) electrons. The molecule has 0 aliphatic carbocycles. The monoisotopic (exact) mass is 395 g/mol. The van der Waals surface area contributed by atoms with Gasteiger partial charge in [-0.1, -0.05) is 6.42 Å². The largest absolute Gasteiger partial charge is 0.359 e. The first-order valence-electron chi connectivity index (χ1n) is 10.2. The van der Waals surface area contributed by atoms with Crippen molar-refractivity contribution in [3.8, 4) is 0 Å². The first kappa shape index (κ1) is 19.6. The summed E-state index contributed by atoms with van der Waals surface area (Å²) in [6.07, 6.45) is 5.71. The van der Waals surface area contributed by atoms with Crippen LogP contribution in [0.4, 0.5) is 10.1 Å². The van der Waals surface area contributed by atoms with E-state index in [0.29, 0.717) is 29.8 Å². The van der Waals surface area contributed by atoms with Gasteiger partial charge in [0.25, 0.3) is 5.91 Å². The zero-order valence-corrected chi connectivity index (χ0v) is 16.9. The van der Waals surface area contributed by atoms with Crippen LogP contribution < -0.4 is 5.32 Å². The minimum Gasteiger partial charge on any atom is -0.359 e. The van der Waals surface area contributed by atoms with Crippen LogP contribution in [0.2, 0.25) is 0 Å². The number of amides is 1. The highest BCUT2D eigenvalue weighted by molar-refractivity contribution is 6.34. The van der Waals surface area contributed by atoms with E-state index in [-0.39, 0.29) is 17.5 Å². The summed E-state index contributed by atoms with van der Waals surface area (Å²) in [6.45, 7) is 6.40. The van der Waals surface area contributed by atoms with Crippen molar-refractivity contribution in [1.82, 2.24) is 9.88 Å². The topological polar surface area (TPSA) is 65.2 Å². The number of halogens is 1. The molecule has 2 aliphatic rings. The molecule has 2 N–H and O–H groups in total. The molecule has 1 aromatic heterocycles. The summed E-state index contributed by atoms with van der Waals surface area (Å²) in [6, 6.07) is 4.27. The van der Waals surface area contributed by atoms with Crippen molar-refractivity contribution in [2.45, 2.75) is 39.5 Å². The number of ketones is 1. The third kappa shape index (κ3) is 4.03. The number of carbonyl (C=O) groups is 2.